The van der Waals surface area contributed by atoms with Crippen LogP contribution in [-0.4, -0.2) is 32.3 Å². The van der Waals surface area contributed by atoms with E-state index >= 15 is 0 Å². The normalized spacial score (nSPS) is 12.4. The molecule has 0 bridgehead atoms. The molecule has 112 valence electrons. The lowest BCUT2D eigenvalue weighted by atomic mass is 10.1. The quantitative estimate of drug-likeness (QED) is 0.637. The van der Waals surface area contributed by atoms with E-state index in [-0.39, 0.29) is 11.4 Å². The summed E-state index contributed by atoms with van der Waals surface area (Å²) in [7, 11) is 3.36. The Morgan fingerprint density at radius 2 is 2.10 bits per heavy atom. The minimum absolute atomic E-state index is 0.256. The van der Waals surface area contributed by atoms with E-state index in [1.807, 2.05) is 13.8 Å². The second-order valence-corrected chi connectivity index (χ2v) is 5.83. The van der Waals surface area contributed by atoms with Crippen molar-refractivity contribution >= 4 is 21.9 Å². The maximum Gasteiger partial charge on any atom is 0.191 e. The van der Waals surface area contributed by atoms with E-state index in [0.717, 1.165) is 10.0 Å². The van der Waals surface area contributed by atoms with Gasteiger partial charge in [0.1, 0.15) is 5.82 Å². The van der Waals surface area contributed by atoms with E-state index in [0.29, 0.717) is 19.0 Å². The summed E-state index contributed by atoms with van der Waals surface area (Å²) < 4.78 is 19.4. The van der Waals surface area contributed by atoms with Crippen molar-refractivity contribution in [3.63, 3.8) is 0 Å². The molecule has 6 heteroatoms. The Balaban J connectivity index is 2.56. The van der Waals surface area contributed by atoms with E-state index in [1.165, 1.54) is 12.1 Å². The molecule has 0 unspecified atom stereocenters. The summed E-state index contributed by atoms with van der Waals surface area (Å²) in [5.41, 5.74) is 0.552. The van der Waals surface area contributed by atoms with Crippen LogP contribution in [0.15, 0.2) is 27.7 Å². The van der Waals surface area contributed by atoms with Gasteiger partial charge in [-0.3, -0.25) is 4.99 Å². The predicted octanol–water partition coefficient (Wildman–Crippen LogP) is 2.68. The van der Waals surface area contributed by atoms with Crippen LogP contribution in [0.1, 0.15) is 19.4 Å². The number of aliphatic imine (C=N–C) groups is 1. The van der Waals surface area contributed by atoms with Crippen LogP contribution in [0.5, 0.6) is 0 Å². The summed E-state index contributed by atoms with van der Waals surface area (Å²) in [6, 6.07) is 4.60. The molecule has 0 aliphatic rings. The van der Waals surface area contributed by atoms with Crippen molar-refractivity contribution in [2.24, 2.45) is 4.99 Å². The van der Waals surface area contributed by atoms with Crippen molar-refractivity contribution in [3.05, 3.63) is 34.1 Å². The number of hydrogen-bond donors (Lipinski definition) is 2. The highest BCUT2D eigenvalue weighted by Crippen LogP contribution is 2.17. The number of nitrogens with zero attached hydrogens (tertiary/aromatic N) is 1. The minimum atomic E-state index is -0.281. The smallest absolute Gasteiger partial charge is 0.191 e. The van der Waals surface area contributed by atoms with Crippen LogP contribution in [0.2, 0.25) is 0 Å². The van der Waals surface area contributed by atoms with Crippen molar-refractivity contribution in [3.8, 4) is 0 Å². The molecule has 0 saturated heterocycles. The second-order valence-electron chi connectivity index (χ2n) is 4.98. The Kier molecular flexibility index (Phi) is 6.42. The summed E-state index contributed by atoms with van der Waals surface area (Å²) in [6.07, 6.45) is 0. The fraction of sp³-hybridized carbons (Fsp3) is 0.500. The van der Waals surface area contributed by atoms with Crippen LogP contribution in [-0.2, 0) is 11.3 Å². The fourth-order valence-electron chi connectivity index (χ4n) is 1.45. The number of benzene rings is 1. The molecular formula is C14H21BrFN3O. The molecule has 0 spiro atoms. The third-order valence-corrected chi connectivity index (χ3v) is 3.69. The molecule has 0 aromatic heterocycles. The number of nitrogens with one attached hydrogen (secondary N) is 2. The summed E-state index contributed by atoms with van der Waals surface area (Å²) in [5.74, 6) is 0.389. The standard InChI is InChI=1S/C14H21BrFN3O/c1-14(2,20-4)9-19-13(17-3)18-8-10-7-11(16)5-6-12(10)15/h5-7H,8-9H2,1-4H3,(H2,17,18,19). The second kappa shape index (κ2) is 7.59. The Hall–Kier alpha value is -1.14. The molecule has 0 aliphatic carbocycles. The van der Waals surface area contributed by atoms with Gasteiger partial charge in [0.25, 0.3) is 0 Å². The van der Waals surface area contributed by atoms with Gasteiger partial charge in [0.05, 0.1) is 5.60 Å². The first-order valence-corrected chi connectivity index (χ1v) is 7.11. The van der Waals surface area contributed by atoms with Gasteiger partial charge in [-0.2, -0.15) is 0 Å². The minimum Gasteiger partial charge on any atom is -0.377 e. The van der Waals surface area contributed by atoms with Crippen molar-refractivity contribution in [1.29, 1.82) is 0 Å². The Morgan fingerprint density at radius 3 is 2.70 bits per heavy atom. The van der Waals surface area contributed by atoms with Gasteiger partial charge >= 0.3 is 0 Å². The average molecular weight is 346 g/mol. The molecular weight excluding hydrogens is 325 g/mol. The maximum atomic E-state index is 13.2. The molecule has 2 N–H and O–H groups in total. The van der Waals surface area contributed by atoms with Crippen molar-refractivity contribution < 1.29 is 9.13 Å². The summed E-state index contributed by atoms with van der Waals surface area (Å²) in [4.78, 5) is 4.12. The lowest BCUT2D eigenvalue weighted by Gasteiger charge is -2.24. The molecule has 4 nitrogen and oxygen atoms in total. The van der Waals surface area contributed by atoms with E-state index in [1.54, 1.807) is 20.2 Å². The lowest BCUT2D eigenvalue weighted by molar-refractivity contribution is 0.0268. The molecule has 1 aromatic rings. The first-order valence-electron chi connectivity index (χ1n) is 6.31. The highest BCUT2D eigenvalue weighted by Gasteiger charge is 2.16. The molecule has 1 rings (SSSR count). The van der Waals surface area contributed by atoms with Crippen molar-refractivity contribution in [2.45, 2.75) is 26.0 Å². The third-order valence-electron chi connectivity index (χ3n) is 2.91. The van der Waals surface area contributed by atoms with E-state index in [2.05, 4.69) is 31.6 Å². The van der Waals surface area contributed by atoms with Gasteiger partial charge in [-0.25, -0.2) is 4.39 Å². The average Bonchev–Trinajstić information content (AvgIpc) is 2.42. The number of hydrogen-bond acceptors (Lipinski definition) is 2. The Bertz CT molecular complexity index is 477. The molecule has 1 aromatic carbocycles. The SMILES string of the molecule is CN=C(NCc1cc(F)ccc1Br)NCC(C)(C)OC. The summed E-state index contributed by atoms with van der Waals surface area (Å²) in [5, 5.41) is 6.31. The Labute approximate surface area is 127 Å². The van der Waals surface area contributed by atoms with E-state index < -0.39 is 0 Å². The topological polar surface area (TPSA) is 45.7 Å². The summed E-state index contributed by atoms with van der Waals surface area (Å²) in [6.45, 7) is 5.06. The van der Waals surface area contributed by atoms with Crippen molar-refractivity contribution in [2.75, 3.05) is 20.7 Å². The Morgan fingerprint density at radius 1 is 1.40 bits per heavy atom. The van der Waals surface area contributed by atoms with Gasteiger partial charge < -0.3 is 15.4 Å². The van der Waals surface area contributed by atoms with E-state index in [9.17, 15) is 4.39 Å². The molecule has 0 aliphatic heterocycles. The highest BCUT2D eigenvalue weighted by molar-refractivity contribution is 9.10. The van der Waals surface area contributed by atoms with Gasteiger partial charge in [0, 0.05) is 31.7 Å². The number of halogens is 2. The molecule has 0 heterocycles. The molecule has 0 radical (unpaired) electrons. The number of ether oxygens (including phenoxy) is 1. The fourth-order valence-corrected chi connectivity index (χ4v) is 1.83. The van der Waals surface area contributed by atoms with Gasteiger partial charge in [-0.15, -0.1) is 0 Å². The monoisotopic (exact) mass is 345 g/mol. The van der Waals surface area contributed by atoms with Crippen LogP contribution >= 0.6 is 15.9 Å². The molecule has 0 saturated carbocycles. The zero-order chi connectivity index (χ0) is 15.2. The predicted molar refractivity (Wildman–Crippen MR) is 83.4 cm³/mol. The molecule has 0 atom stereocenters. The first-order chi connectivity index (χ1) is 9.38. The molecule has 0 amide bonds. The summed E-state index contributed by atoms with van der Waals surface area (Å²) >= 11 is 3.40. The largest absolute Gasteiger partial charge is 0.377 e. The van der Waals surface area contributed by atoms with Crippen LogP contribution < -0.4 is 10.6 Å². The zero-order valence-corrected chi connectivity index (χ0v) is 13.8. The van der Waals surface area contributed by atoms with Crippen LogP contribution in [0.4, 0.5) is 4.39 Å². The van der Waals surface area contributed by atoms with Crippen LogP contribution in [0.25, 0.3) is 0 Å². The van der Waals surface area contributed by atoms with Gasteiger partial charge in [-0.05, 0) is 37.6 Å². The van der Waals surface area contributed by atoms with Gasteiger partial charge in [0.2, 0.25) is 0 Å². The molecule has 20 heavy (non-hydrogen) atoms. The zero-order valence-electron chi connectivity index (χ0n) is 12.3. The third kappa shape index (κ3) is 5.46. The van der Waals surface area contributed by atoms with Crippen LogP contribution in [0.3, 0.4) is 0 Å². The lowest BCUT2D eigenvalue weighted by Crippen LogP contribution is -2.45. The highest BCUT2D eigenvalue weighted by atomic mass is 79.9. The van der Waals surface area contributed by atoms with Gasteiger partial charge in [0.15, 0.2) is 5.96 Å². The van der Waals surface area contributed by atoms with Crippen LogP contribution in [0, 0.1) is 5.82 Å². The van der Waals surface area contributed by atoms with Crippen molar-refractivity contribution in [1.82, 2.24) is 10.6 Å². The number of guanidine groups is 1. The first kappa shape index (κ1) is 16.9. The maximum absolute atomic E-state index is 13.2. The van der Waals surface area contributed by atoms with E-state index in [4.69, 9.17) is 4.74 Å². The molecule has 0 fully saturated rings. The number of rotatable bonds is 5. The van der Waals surface area contributed by atoms with Gasteiger partial charge in [-0.1, -0.05) is 15.9 Å². The number of methoxy groups -OCH3 is 1.